The van der Waals surface area contributed by atoms with Crippen LogP contribution in [0.3, 0.4) is 0 Å². The molecule has 6 heteroatoms. The highest BCUT2D eigenvalue weighted by molar-refractivity contribution is 6.31. The summed E-state index contributed by atoms with van der Waals surface area (Å²) in [6.07, 6.45) is 3.86. The molecule has 5 nitrogen and oxygen atoms in total. The largest absolute Gasteiger partial charge is 0.339 e. The Morgan fingerprint density at radius 3 is 2.90 bits per heavy atom. The molecule has 3 rings (SSSR count). The van der Waals surface area contributed by atoms with Crippen LogP contribution >= 0.6 is 11.6 Å². The van der Waals surface area contributed by atoms with Gasteiger partial charge < -0.3 is 14.5 Å². The summed E-state index contributed by atoms with van der Waals surface area (Å²) in [7, 11) is 3.89. The number of benzene rings is 1. The van der Waals surface area contributed by atoms with Crippen molar-refractivity contribution in [3.8, 4) is 0 Å². The van der Waals surface area contributed by atoms with Crippen molar-refractivity contribution in [2.24, 2.45) is 7.05 Å². The van der Waals surface area contributed by atoms with Gasteiger partial charge in [0.1, 0.15) is 6.33 Å². The maximum absolute atomic E-state index is 6.13. The maximum atomic E-state index is 6.13. The summed E-state index contributed by atoms with van der Waals surface area (Å²) in [5, 5.41) is 13.2. The number of halogens is 1. The van der Waals surface area contributed by atoms with Crippen LogP contribution in [0.5, 0.6) is 0 Å². The van der Waals surface area contributed by atoms with Gasteiger partial charge in [0.25, 0.3) is 0 Å². The molecule has 104 valence electrons. The van der Waals surface area contributed by atoms with E-state index in [0.29, 0.717) is 6.54 Å². The molecule has 0 amide bonds. The minimum atomic E-state index is 0.678. The molecule has 0 fully saturated rings. The Hall–Kier alpha value is -1.85. The van der Waals surface area contributed by atoms with Crippen molar-refractivity contribution in [1.29, 1.82) is 0 Å². The fraction of sp³-hybridized carbons (Fsp3) is 0.286. The molecule has 0 aliphatic carbocycles. The molecule has 0 saturated heterocycles. The first-order valence-corrected chi connectivity index (χ1v) is 6.81. The van der Waals surface area contributed by atoms with Crippen LogP contribution in [-0.4, -0.2) is 26.4 Å². The molecule has 0 aliphatic heterocycles. The Morgan fingerprint density at radius 1 is 1.35 bits per heavy atom. The average molecular weight is 290 g/mol. The summed E-state index contributed by atoms with van der Waals surface area (Å²) in [6, 6.07) is 5.99. The summed E-state index contributed by atoms with van der Waals surface area (Å²) in [6.45, 7) is 1.50. The fourth-order valence-corrected chi connectivity index (χ4v) is 2.57. The molecular weight excluding hydrogens is 274 g/mol. The third kappa shape index (κ3) is 2.30. The summed E-state index contributed by atoms with van der Waals surface area (Å²) in [4.78, 5) is 0. The molecule has 0 spiro atoms. The van der Waals surface area contributed by atoms with E-state index in [4.69, 9.17) is 11.6 Å². The minimum Gasteiger partial charge on any atom is -0.339 e. The standard InChI is InChI=1S/C14H16ClN5/c1-16-6-10-7-20(8-14-18-17-9-19(14)2)13-5-11(15)3-4-12(10)13/h3-5,7,9,16H,6,8H2,1-2H3. The second kappa shape index (κ2) is 5.26. The number of fused-ring (bicyclic) bond motifs is 1. The topological polar surface area (TPSA) is 47.7 Å². The lowest BCUT2D eigenvalue weighted by Crippen LogP contribution is -2.06. The third-order valence-corrected chi connectivity index (χ3v) is 3.65. The van der Waals surface area contributed by atoms with Gasteiger partial charge >= 0.3 is 0 Å². The first kappa shape index (κ1) is 13.1. The van der Waals surface area contributed by atoms with Crippen molar-refractivity contribution in [2.75, 3.05) is 7.05 Å². The van der Waals surface area contributed by atoms with Crippen molar-refractivity contribution < 1.29 is 0 Å². The summed E-state index contributed by atoms with van der Waals surface area (Å²) in [5.41, 5.74) is 2.37. The van der Waals surface area contributed by atoms with Crippen LogP contribution in [0.15, 0.2) is 30.7 Å². The van der Waals surface area contributed by atoms with Gasteiger partial charge in [-0.2, -0.15) is 0 Å². The number of nitrogens with zero attached hydrogens (tertiary/aromatic N) is 4. The highest BCUT2D eigenvalue weighted by Crippen LogP contribution is 2.25. The van der Waals surface area contributed by atoms with Crippen molar-refractivity contribution in [2.45, 2.75) is 13.1 Å². The number of nitrogens with one attached hydrogen (secondary N) is 1. The van der Waals surface area contributed by atoms with Gasteiger partial charge in [-0.3, -0.25) is 0 Å². The SMILES string of the molecule is CNCc1cn(Cc2nncn2C)c2cc(Cl)ccc12. The predicted molar refractivity (Wildman–Crippen MR) is 79.8 cm³/mol. The van der Waals surface area contributed by atoms with Crippen molar-refractivity contribution in [3.05, 3.63) is 47.1 Å². The third-order valence-electron chi connectivity index (χ3n) is 3.41. The Kier molecular flexibility index (Phi) is 3.46. The molecule has 20 heavy (non-hydrogen) atoms. The maximum Gasteiger partial charge on any atom is 0.152 e. The van der Waals surface area contributed by atoms with Crippen LogP contribution in [0.1, 0.15) is 11.4 Å². The monoisotopic (exact) mass is 289 g/mol. The van der Waals surface area contributed by atoms with Gasteiger partial charge in [0.15, 0.2) is 5.82 Å². The quantitative estimate of drug-likeness (QED) is 0.801. The predicted octanol–water partition coefficient (Wildman–Crippen LogP) is 2.19. The lowest BCUT2D eigenvalue weighted by molar-refractivity contribution is 0.711. The van der Waals surface area contributed by atoms with E-state index >= 15 is 0 Å². The Balaban J connectivity index is 2.09. The zero-order valence-electron chi connectivity index (χ0n) is 11.5. The Labute approximate surface area is 122 Å². The second-order valence-corrected chi connectivity index (χ2v) is 5.27. The van der Waals surface area contributed by atoms with Crippen molar-refractivity contribution >= 4 is 22.5 Å². The summed E-state index contributed by atoms with van der Waals surface area (Å²) in [5.74, 6) is 0.915. The van der Waals surface area contributed by atoms with Gasteiger partial charge in [-0.1, -0.05) is 17.7 Å². The van der Waals surface area contributed by atoms with Crippen LogP contribution < -0.4 is 5.32 Å². The molecule has 0 radical (unpaired) electrons. The van der Waals surface area contributed by atoms with Crippen LogP contribution in [0, 0.1) is 0 Å². The molecular formula is C14H16ClN5. The lowest BCUT2D eigenvalue weighted by atomic mass is 10.2. The van der Waals surface area contributed by atoms with Crippen LogP contribution in [0.2, 0.25) is 5.02 Å². The average Bonchev–Trinajstić information content (AvgIpc) is 2.96. The zero-order chi connectivity index (χ0) is 14.1. The highest BCUT2D eigenvalue weighted by atomic mass is 35.5. The van der Waals surface area contributed by atoms with Gasteiger partial charge in [0.05, 0.1) is 12.1 Å². The fourth-order valence-electron chi connectivity index (χ4n) is 2.41. The number of aromatic nitrogens is 4. The molecule has 3 aromatic rings. The molecule has 0 saturated carbocycles. The van der Waals surface area contributed by atoms with E-state index in [1.54, 1.807) is 6.33 Å². The highest BCUT2D eigenvalue weighted by Gasteiger charge is 2.10. The number of hydrogen-bond donors (Lipinski definition) is 1. The Bertz CT molecular complexity index is 743. The van der Waals surface area contributed by atoms with E-state index in [2.05, 4.69) is 32.3 Å². The molecule has 2 heterocycles. The molecule has 0 unspecified atom stereocenters. The minimum absolute atomic E-state index is 0.678. The Morgan fingerprint density at radius 2 is 2.20 bits per heavy atom. The number of hydrogen-bond acceptors (Lipinski definition) is 3. The van der Waals surface area contributed by atoms with E-state index in [1.165, 1.54) is 10.9 Å². The van der Waals surface area contributed by atoms with Crippen molar-refractivity contribution in [1.82, 2.24) is 24.6 Å². The van der Waals surface area contributed by atoms with Crippen LogP contribution in [0.25, 0.3) is 10.9 Å². The molecule has 1 N–H and O–H groups in total. The smallest absolute Gasteiger partial charge is 0.152 e. The van der Waals surface area contributed by atoms with Crippen LogP contribution in [0.4, 0.5) is 0 Å². The molecule has 0 atom stereocenters. The van der Waals surface area contributed by atoms with E-state index in [0.717, 1.165) is 22.9 Å². The zero-order valence-corrected chi connectivity index (χ0v) is 12.2. The van der Waals surface area contributed by atoms with E-state index in [9.17, 15) is 0 Å². The first-order chi connectivity index (χ1) is 9.69. The molecule has 0 bridgehead atoms. The van der Waals surface area contributed by atoms with E-state index in [-0.39, 0.29) is 0 Å². The molecule has 0 aliphatic rings. The van der Waals surface area contributed by atoms with Gasteiger partial charge in [-0.25, -0.2) is 0 Å². The van der Waals surface area contributed by atoms with Gasteiger partial charge in [0.2, 0.25) is 0 Å². The van der Waals surface area contributed by atoms with Gasteiger partial charge in [0, 0.05) is 30.2 Å². The van der Waals surface area contributed by atoms with E-state index < -0.39 is 0 Å². The van der Waals surface area contributed by atoms with Crippen LogP contribution in [-0.2, 0) is 20.1 Å². The first-order valence-electron chi connectivity index (χ1n) is 6.44. The normalized spacial score (nSPS) is 11.3. The number of aryl methyl sites for hydroxylation is 1. The lowest BCUT2D eigenvalue weighted by Gasteiger charge is -2.04. The molecule has 2 aromatic heterocycles. The van der Waals surface area contributed by atoms with Gasteiger partial charge in [-0.15, -0.1) is 10.2 Å². The number of rotatable bonds is 4. The molecule has 1 aromatic carbocycles. The van der Waals surface area contributed by atoms with Gasteiger partial charge in [-0.05, 0) is 24.7 Å². The van der Waals surface area contributed by atoms with E-state index in [1.807, 2.05) is 30.8 Å². The second-order valence-electron chi connectivity index (χ2n) is 4.83. The van der Waals surface area contributed by atoms with Crippen molar-refractivity contribution in [3.63, 3.8) is 0 Å². The summed E-state index contributed by atoms with van der Waals surface area (Å²) >= 11 is 6.13. The summed E-state index contributed by atoms with van der Waals surface area (Å²) < 4.78 is 4.09.